The second-order valence-corrected chi connectivity index (χ2v) is 29.2. The maximum absolute atomic E-state index is 15.4. The summed E-state index contributed by atoms with van der Waals surface area (Å²) < 4.78 is 11.1. The number of carbonyl (C=O) groups excluding carboxylic acids is 12. The number of ether oxygens (including phenoxy) is 2. The summed E-state index contributed by atoms with van der Waals surface area (Å²) in [6.07, 6.45) is 1.82. The minimum Gasteiger partial charge on any atom is -0.445 e. The van der Waals surface area contributed by atoms with Crippen molar-refractivity contribution in [3.63, 3.8) is 0 Å². The van der Waals surface area contributed by atoms with Crippen LogP contribution in [0.4, 0.5) is 4.79 Å². The third-order valence-corrected chi connectivity index (χ3v) is 18.7. The minimum atomic E-state index is -1.70. The van der Waals surface area contributed by atoms with Gasteiger partial charge in [0.25, 0.3) is 0 Å². The summed E-state index contributed by atoms with van der Waals surface area (Å²) in [5, 5.41) is 26.2. The summed E-state index contributed by atoms with van der Waals surface area (Å²) in [5.41, 5.74) is 0.752. The second kappa shape index (κ2) is 41.9. The maximum atomic E-state index is 15.4. The van der Waals surface area contributed by atoms with Crippen molar-refractivity contribution in [3.8, 4) is 0 Å². The molecule has 12 amide bonds. The molecule has 0 saturated carbocycles. The smallest absolute Gasteiger partial charge is 0.409 e. The summed E-state index contributed by atoms with van der Waals surface area (Å²) in [4.78, 5) is 186. The van der Waals surface area contributed by atoms with E-state index in [4.69, 9.17) is 9.47 Å². The van der Waals surface area contributed by atoms with Crippen LogP contribution in [0.15, 0.2) is 42.5 Å². The SMILES string of the molecule is C/C=C/C[C@@H](C)[C@@H](O)[C@H]1C(=O)N[C@@H](CC)C(=O)N(C)[C@H](CCCN(C)C(=O)OCc2ccccc2)C(=O)N[C@@H]([C@H](C)COC)C(=O)N[C@@H](C(C)C)C(=O)N(C)[C@@H](CC(C)C)C(=O)N[C@@H](C)C(=O)N[C@H](C)C(=O)N(C)[C@@H](CC(C)C)C(=O)N(C)[C@@H](CC(C)C)C(=O)N(C)[C@@H](C(C)C)C(=O)N1C. The van der Waals surface area contributed by atoms with Crippen molar-refractivity contribution in [1.82, 2.24) is 60.9 Å². The fourth-order valence-corrected chi connectivity index (χ4v) is 12.4. The summed E-state index contributed by atoms with van der Waals surface area (Å²) >= 11 is 0. The zero-order valence-electron chi connectivity index (χ0n) is 64.4. The van der Waals surface area contributed by atoms with E-state index in [1.54, 1.807) is 79.7 Å². The van der Waals surface area contributed by atoms with Crippen molar-refractivity contribution in [2.45, 2.75) is 235 Å². The van der Waals surface area contributed by atoms with Crippen molar-refractivity contribution < 1.29 is 72.1 Å². The molecular weight excluding hydrogens is 1280 g/mol. The average Bonchev–Trinajstić information content (AvgIpc) is 0.804. The summed E-state index contributed by atoms with van der Waals surface area (Å²) in [6, 6.07) is -5.65. The van der Waals surface area contributed by atoms with E-state index in [1.807, 2.05) is 59.7 Å². The quantitative estimate of drug-likeness (QED) is 0.0866. The summed E-state index contributed by atoms with van der Waals surface area (Å²) in [6.45, 7) is 27.4. The van der Waals surface area contributed by atoms with Gasteiger partial charge < -0.3 is 75.5 Å². The normalized spacial score (nSPS) is 25.4. The number of allylic oxidation sites excluding steroid dienone is 2. The van der Waals surface area contributed by atoms with Crippen molar-refractivity contribution in [2.24, 2.45) is 41.4 Å². The second-order valence-electron chi connectivity index (χ2n) is 29.2. The number of hydrogen-bond acceptors (Lipinski definition) is 15. The Balaban J connectivity index is 3.10. The number of nitrogens with one attached hydrogen (secondary N) is 5. The molecule has 0 aliphatic carbocycles. The Hall–Kier alpha value is -7.68. The highest BCUT2D eigenvalue weighted by Crippen LogP contribution is 2.26. The molecule has 1 heterocycles. The number of nitrogens with zero attached hydrogens (tertiary/aromatic N) is 7. The van der Waals surface area contributed by atoms with Gasteiger partial charge in [-0.1, -0.05) is 132 Å². The number of carbonyl (C=O) groups is 12. The van der Waals surface area contributed by atoms with Crippen LogP contribution in [0, 0.1) is 41.4 Å². The van der Waals surface area contributed by atoms with E-state index in [1.165, 1.54) is 94.8 Å². The highest BCUT2D eigenvalue weighted by atomic mass is 16.6. The van der Waals surface area contributed by atoms with E-state index in [0.29, 0.717) is 0 Å². The number of amides is 12. The van der Waals surface area contributed by atoms with E-state index in [-0.39, 0.29) is 82.5 Å². The molecule has 1 saturated heterocycles. The van der Waals surface area contributed by atoms with Crippen LogP contribution in [0.25, 0.3) is 0 Å². The number of aliphatic hydroxyl groups excluding tert-OH is 1. The van der Waals surface area contributed by atoms with Crippen LogP contribution in [0.1, 0.15) is 161 Å². The van der Waals surface area contributed by atoms with Crippen LogP contribution in [0.5, 0.6) is 0 Å². The zero-order valence-corrected chi connectivity index (χ0v) is 64.4. The predicted octanol–water partition coefficient (Wildman–Crippen LogP) is 4.58. The molecule has 0 radical (unpaired) electrons. The van der Waals surface area contributed by atoms with Gasteiger partial charge in [-0.2, -0.15) is 0 Å². The van der Waals surface area contributed by atoms with Gasteiger partial charge in [0.1, 0.15) is 73.1 Å². The predicted molar refractivity (Wildman–Crippen MR) is 383 cm³/mol. The first-order valence-corrected chi connectivity index (χ1v) is 35.4. The Morgan fingerprint density at radius 3 is 1.54 bits per heavy atom. The van der Waals surface area contributed by atoms with Crippen molar-refractivity contribution in [1.29, 1.82) is 0 Å². The molecule has 1 aromatic carbocycles. The standard InChI is InChI=1S/C73H124N12O15/c1-25-27-32-47(13)61(86)60-66(91)76-52(26-2)68(93)80(18)53(35-31-36-79(17)73(98)100-41-51-33-29-28-30-34-51)63(88)78-58(48(14)40-99-24)65(90)77-57(45(9)10)71(96)81(19)54(37-42(3)4)64(89)74-49(15)62(87)75-50(16)67(92)82(20)55(38-43(5)6)69(94)83(21)56(39-44(7)8)70(95)84(22)59(46(11)12)72(97)85(60)23/h25,27-30,33-34,42-50,52-61,86H,26,31-32,35-41H2,1-24H3,(H,74,89)(H,75,87)(H,76,91)(H,77,90)(H,78,88)/b27-25+/t47-,48-,49+,50-,52+,53-,54+,55+,56+,57+,58+,59+,60+,61-/m1/s1. The number of likely N-dealkylation sites (N-methyl/N-ethyl adjacent to an activating group) is 6. The van der Waals surface area contributed by atoms with Crippen molar-refractivity contribution in [3.05, 3.63) is 48.0 Å². The van der Waals surface area contributed by atoms with Gasteiger partial charge in [-0.05, 0) is 107 Å². The lowest BCUT2D eigenvalue weighted by Crippen LogP contribution is -2.64. The molecule has 100 heavy (non-hydrogen) atoms. The highest BCUT2D eigenvalue weighted by molar-refractivity contribution is 6.00. The number of benzene rings is 1. The third kappa shape index (κ3) is 25.4. The van der Waals surface area contributed by atoms with E-state index in [9.17, 15) is 33.9 Å². The number of rotatable bonds is 22. The molecule has 0 bridgehead atoms. The Labute approximate surface area is 595 Å². The van der Waals surface area contributed by atoms with E-state index in [0.717, 1.165) is 15.4 Å². The van der Waals surface area contributed by atoms with Gasteiger partial charge in [0.15, 0.2) is 0 Å². The Morgan fingerprint density at radius 2 is 1.03 bits per heavy atom. The molecule has 1 aromatic rings. The molecule has 14 atom stereocenters. The molecule has 27 nitrogen and oxygen atoms in total. The number of hydrogen-bond donors (Lipinski definition) is 6. The molecular formula is C73H124N12O15. The van der Waals surface area contributed by atoms with Crippen LogP contribution in [-0.4, -0.2) is 253 Å². The van der Waals surface area contributed by atoms with Gasteiger partial charge in [0.05, 0.1) is 12.7 Å². The van der Waals surface area contributed by atoms with Gasteiger partial charge in [0.2, 0.25) is 65.0 Å². The number of methoxy groups -OCH3 is 1. The number of aliphatic hydroxyl groups is 1. The van der Waals surface area contributed by atoms with Gasteiger partial charge in [-0.15, -0.1) is 0 Å². The summed E-state index contributed by atoms with van der Waals surface area (Å²) in [5.74, 6) is -11.5. The largest absolute Gasteiger partial charge is 0.445 e. The Bertz CT molecular complexity index is 2910. The Morgan fingerprint density at radius 1 is 0.550 bits per heavy atom. The molecule has 6 N–H and O–H groups in total. The van der Waals surface area contributed by atoms with Crippen LogP contribution in [0.3, 0.4) is 0 Å². The van der Waals surface area contributed by atoms with Crippen LogP contribution in [0.2, 0.25) is 0 Å². The first-order valence-electron chi connectivity index (χ1n) is 35.4. The monoisotopic (exact) mass is 1410 g/mol. The van der Waals surface area contributed by atoms with E-state index in [2.05, 4.69) is 26.6 Å². The van der Waals surface area contributed by atoms with Gasteiger partial charge >= 0.3 is 6.09 Å². The van der Waals surface area contributed by atoms with E-state index < -0.39 is 167 Å². The van der Waals surface area contributed by atoms with Gasteiger partial charge in [-0.25, -0.2) is 4.79 Å². The molecule has 566 valence electrons. The van der Waals surface area contributed by atoms with E-state index >= 15 is 28.8 Å². The van der Waals surface area contributed by atoms with Crippen LogP contribution < -0.4 is 26.6 Å². The van der Waals surface area contributed by atoms with Crippen molar-refractivity contribution >= 4 is 71.1 Å². The summed E-state index contributed by atoms with van der Waals surface area (Å²) in [7, 11) is 11.3. The van der Waals surface area contributed by atoms with Crippen LogP contribution in [-0.2, 0) is 68.8 Å². The molecule has 0 aromatic heterocycles. The lowest BCUT2D eigenvalue weighted by molar-refractivity contribution is -0.157. The van der Waals surface area contributed by atoms with Crippen molar-refractivity contribution in [2.75, 3.05) is 69.6 Å². The lowest BCUT2D eigenvalue weighted by atomic mass is 9.91. The molecule has 0 unspecified atom stereocenters. The van der Waals surface area contributed by atoms with Gasteiger partial charge in [-0.3, -0.25) is 52.7 Å². The maximum Gasteiger partial charge on any atom is 0.409 e. The Kier molecular flexibility index (Phi) is 37.1. The van der Waals surface area contributed by atoms with Crippen LogP contribution >= 0.6 is 0 Å². The average molecular weight is 1410 g/mol. The first kappa shape index (κ1) is 88.4. The highest BCUT2D eigenvalue weighted by Gasteiger charge is 2.46. The third-order valence-electron chi connectivity index (χ3n) is 18.7. The van der Waals surface area contributed by atoms with Gasteiger partial charge in [0, 0.05) is 68.9 Å². The zero-order chi connectivity index (χ0) is 76.5. The lowest BCUT2D eigenvalue weighted by Gasteiger charge is -2.41. The first-order chi connectivity index (χ1) is 46.6. The molecule has 1 aliphatic rings. The fourth-order valence-electron chi connectivity index (χ4n) is 12.4. The molecule has 1 fully saturated rings. The molecule has 1 aliphatic heterocycles. The topological polar surface area (TPSA) is 326 Å². The molecule has 0 spiro atoms. The minimum absolute atomic E-state index is 0.0145. The molecule has 2 rings (SSSR count). The molecule has 27 heteroatoms. The fraction of sp³-hybridized carbons (Fsp3) is 0.726.